The van der Waals surface area contributed by atoms with Gasteiger partial charge in [0.2, 0.25) is 0 Å². The van der Waals surface area contributed by atoms with E-state index >= 15 is 0 Å². The van der Waals surface area contributed by atoms with Crippen molar-refractivity contribution in [3.8, 4) is 0 Å². The highest BCUT2D eigenvalue weighted by Gasteiger charge is 2.06. The molecule has 17 heavy (non-hydrogen) atoms. The van der Waals surface area contributed by atoms with Gasteiger partial charge >= 0.3 is 0 Å². The minimum Gasteiger partial charge on any atom is -0.389 e. The maximum Gasteiger partial charge on any atom is 0.149 e. The molecule has 1 aromatic carbocycles. The van der Waals surface area contributed by atoms with Crippen molar-refractivity contribution < 1.29 is 8.42 Å². The Hall–Kier alpha value is -1.14. The molecule has 0 unspecified atom stereocenters. The van der Waals surface area contributed by atoms with Gasteiger partial charge in [-0.1, -0.05) is 12.2 Å². The van der Waals surface area contributed by atoms with Crippen LogP contribution in [0, 0.1) is 0 Å². The van der Waals surface area contributed by atoms with Gasteiger partial charge in [-0.3, -0.25) is 0 Å². The highest BCUT2D eigenvalue weighted by molar-refractivity contribution is 7.90. The molecular weight excluding hydrogens is 256 g/mol. The number of nitrogens with two attached hydrogens (primary N) is 1. The van der Waals surface area contributed by atoms with E-state index in [-0.39, 0.29) is 5.75 Å². The number of rotatable bonds is 5. The molecular formula is C11H16N2O2S2. The van der Waals surface area contributed by atoms with Crippen LogP contribution in [0.25, 0.3) is 0 Å². The highest BCUT2D eigenvalue weighted by atomic mass is 32.2. The van der Waals surface area contributed by atoms with Crippen LogP contribution in [-0.2, 0) is 9.84 Å². The van der Waals surface area contributed by atoms with Crippen molar-refractivity contribution in [3.05, 3.63) is 29.8 Å². The topological polar surface area (TPSA) is 63.4 Å². The lowest BCUT2D eigenvalue weighted by Crippen LogP contribution is -2.24. The first-order valence-electron chi connectivity index (χ1n) is 5.08. The minimum atomic E-state index is -2.93. The summed E-state index contributed by atoms with van der Waals surface area (Å²) in [7, 11) is -1.08. The molecule has 0 atom stereocenters. The Labute approximate surface area is 107 Å². The Bertz CT molecular complexity index is 495. The van der Waals surface area contributed by atoms with Crippen LogP contribution in [0.4, 0.5) is 5.69 Å². The van der Waals surface area contributed by atoms with Crippen molar-refractivity contribution in [1.29, 1.82) is 0 Å². The van der Waals surface area contributed by atoms with Crippen LogP contribution in [0.5, 0.6) is 0 Å². The van der Waals surface area contributed by atoms with E-state index in [0.29, 0.717) is 11.5 Å². The minimum absolute atomic E-state index is 0.139. The van der Waals surface area contributed by atoms with Crippen LogP contribution in [0.3, 0.4) is 0 Å². The molecule has 0 aliphatic rings. The van der Waals surface area contributed by atoms with Crippen molar-refractivity contribution in [2.24, 2.45) is 5.73 Å². The summed E-state index contributed by atoms with van der Waals surface area (Å²) in [6.45, 7) is 0.464. The Morgan fingerprint density at radius 3 is 2.29 bits per heavy atom. The lowest BCUT2D eigenvalue weighted by molar-refractivity contribution is 0.601. The van der Waals surface area contributed by atoms with E-state index in [1.54, 1.807) is 0 Å². The number of benzene rings is 1. The van der Waals surface area contributed by atoms with E-state index in [4.69, 9.17) is 18.0 Å². The second-order valence-electron chi connectivity index (χ2n) is 3.96. The molecule has 0 aromatic heterocycles. The first-order chi connectivity index (χ1) is 7.79. The average Bonchev–Trinajstić information content (AvgIpc) is 2.25. The number of nitrogens with zero attached hydrogens (tertiary/aromatic N) is 1. The number of sulfone groups is 1. The normalized spacial score (nSPS) is 11.2. The lowest BCUT2D eigenvalue weighted by atomic mass is 10.2. The maximum absolute atomic E-state index is 11.1. The monoisotopic (exact) mass is 272 g/mol. The van der Waals surface area contributed by atoms with Crippen LogP contribution in [-0.4, -0.2) is 39.0 Å². The summed E-state index contributed by atoms with van der Waals surface area (Å²) < 4.78 is 22.1. The van der Waals surface area contributed by atoms with E-state index in [0.717, 1.165) is 11.3 Å². The Morgan fingerprint density at radius 1 is 1.35 bits per heavy atom. The SMILES string of the molecule is CN(CCS(C)(=O)=O)c1ccc(C(N)=S)cc1. The first-order valence-corrected chi connectivity index (χ1v) is 7.55. The molecule has 0 aliphatic heterocycles. The number of anilines is 1. The highest BCUT2D eigenvalue weighted by Crippen LogP contribution is 2.13. The van der Waals surface area contributed by atoms with Gasteiger partial charge in [0.15, 0.2) is 0 Å². The van der Waals surface area contributed by atoms with E-state index in [1.165, 1.54) is 6.26 Å². The van der Waals surface area contributed by atoms with Crippen LogP contribution in [0.2, 0.25) is 0 Å². The number of hydrogen-bond donors (Lipinski definition) is 1. The summed E-state index contributed by atoms with van der Waals surface area (Å²) in [6.07, 6.45) is 1.23. The fraction of sp³-hybridized carbons (Fsp3) is 0.364. The van der Waals surface area contributed by atoms with Crippen molar-refractivity contribution >= 4 is 32.7 Å². The van der Waals surface area contributed by atoms with Gasteiger partial charge in [-0.05, 0) is 24.3 Å². The van der Waals surface area contributed by atoms with Crippen LogP contribution < -0.4 is 10.6 Å². The maximum atomic E-state index is 11.1. The summed E-state index contributed by atoms with van der Waals surface area (Å²) in [5, 5.41) is 0. The Kier molecular flexibility index (Phi) is 4.47. The fourth-order valence-electron chi connectivity index (χ4n) is 1.31. The van der Waals surface area contributed by atoms with Crippen molar-refractivity contribution in [1.82, 2.24) is 0 Å². The second kappa shape index (κ2) is 5.46. The van der Waals surface area contributed by atoms with Gasteiger partial charge in [0.25, 0.3) is 0 Å². The van der Waals surface area contributed by atoms with Gasteiger partial charge in [-0.15, -0.1) is 0 Å². The quantitative estimate of drug-likeness (QED) is 0.803. The largest absolute Gasteiger partial charge is 0.389 e. The molecule has 0 fully saturated rings. The molecule has 2 N–H and O–H groups in total. The van der Waals surface area contributed by atoms with Gasteiger partial charge in [-0.25, -0.2) is 8.42 Å². The van der Waals surface area contributed by atoms with Crippen molar-refractivity contribution in [3.63, 3.8) is 0 Å². The summed E-state index contributed by atoms with van der Waals surface area (Å²) in [5.41, 5.74) is 7.24. The molecule has 0 amide bonds. The van der Waals surface area contributed by atoms with Crippen molar-refractivity contribution in [2.45, 2.75) is 0 Å². The molecule has 4 nitrogen and oxygen atoms in total. The molecule has 0 aliphatic carbocycles. The van der Waals surface area contributed by atoms with Gasteiger partial charge in [-0.2, -0.15) is 0 Å². The predicted molar refractivity (Wildman–Crippen MR) is 75.3 cm³/mol. The third kappa shape index (κ3) is 4.70. The molecule has 0 saturated heterocycles. The molecule has 0 heterocycles. The third-order valence-corrected chi connectivity index (χ3v) is 3.55. The summed E-state index contributed by atoms with van der Waals surface area (Å²) in [6, 6.07) is 7.40. The van der Waals surface area contributed by atoms with E-state index < -0.39 is 9.84 Å². The van der Waals surface area contributed by atoms with Gasteiger partial charge < -0.3 is 10.6 Å². The third-order valence-electron chi connectivity index (χ3n) is 2.39. The van der Waals surface area contributed by atoms with E-state index in [2.05, 4.69) is 0 Å². The van der Waals surface area contributed by atoms with Gasteiger partial charge in [0.05, 0.1) is 5.75 Å². The lowest BCUT2D eigenvalue weighted by Gasteiger charge is -2.18. The fourth-order valence-corrected chi connectivity index (χ4v) is 2.05. The van der Waals surface area contributed by atoms with Gasteiger partial charge in [0.1, 0.15) is 14.8 Å². The summed E-state index contributed by atoms with van der Waals surface area (Å²) >= 11 is 4.86. The van der Waals surface area contributed by atoms with Crippen LogP contribution >= 0.6 is 12.2 Å². The first kappa shape index (κ1) is 13.9. The molecule has 6 heteroatoms. The standard InChI is InChI=1S/C11H16N2O2S2/c1-13(7-8-17(2,14)15)10-5-3-9(4-6-10)11(12)16/h3-6H,7-8H2,1-2H3,(H2,12,16). The molecule has 94 valence electrons. The Morgan fingerprint density at radius 2 is 1.88 bits per heavy atom. The van der Waals surface area contributed by atoms with Crippen LogP contribution in [0.15, 0.2) is 24.3 Å². The zero-order chi connectivity index (χ0) is 13.1. The molecule has 1 rings (SSSR count). The zero-order valence-corrected chi connectivity index (χ0v) is 11.5. The van der Waals surface area contributed by atoms with Crippen LogP contribution in [0.1, 0.15) is 5.56 Å². The van der Waals surface area contributed by atoms with E-state index in [9.17, 15) is 8.42 Å². The number of thiocarbonyl (C=S) groups is 1. The van der Waals surface area contributed by atoms with Gasteiger partial charge in [0, 0.05) is 31.1 Å². The second-order valence-corrected chi connectivity index (χ2v) is 6.66. The molecule has 0 spiro atoms. The molecule has 0 radical (unpaired) electrons. The number of hydrogen-bond acceptors (Lipinski definition) is 4. The zero-order valence-electron chi connectivity index (χ0n) is 9.88. The van der Waals surface area contributed by atoms with Crippen molar-refractivity contribution in [2.75, 3.05) is 30.5 Å². The predicted octanol–water partition coefficient (Wildman–Crippen LogP) is 0.802. The molecule has 0 saturated carbocycles. The average molecular weight is 272 g/mol. The summed E-state index contributed by atoms with van der Waals surface area (Å²) in [4.78, 5) is 2.24. The Balaban J connectivity index is 2.70. The molecule has 1 aromatic rings. The van der Waals surface area contributed by atoms with E-state index in [1.807, 2.05) is 36.2 Å². The smallest absolute Gasteiger partial charge is 0.149 e. The molecule has 0 bridgehead atoms. The summed E-state index contributed by atoms with van der Waals surface area (Å²) in [5.74, 6) is 0.139.